The Hall–Kier alpha value is -2.94. The number of aromatic nitrogens is 3. The molecule has 0 spiro atoms. The first-order chi connectivity index (χ1) is 13.3. The molecule has 0 aliphatic carbocycles. The number of hydrogen-bond donors (Lipinski definition) is 1. The largest absolute Gasteiger partial charge is 0.444 e. The van der Waals surface area contributed by atoms with Crippen LogP contribution in [0.15, 0.2) is 41.3 Å². The lowest BCUT2D eigenvalue weighted by Crippen LogP contribution is -2.15. The number of amides is 1. The van der Waals surface area contributed by atoms with Gasteiger partial charge < -0.3 is 9.73 Å². The van der Waals surface area contributed by atoms with Crippen molar-refractivity contribution < 1.29 is 17.6 Å². The number of aryl methyl sites for hydroxylation is 1. The Balaban J connectivity index is 1.53. The molecule has 8 nitrogen and oxygen atoms in total. The third kappa shape index (κ3) is 3.45. The molecule has 1 unspecified atom stereocenters. The molecule has 1 aliphatic heterocycles. The van der Waals surface area contributed by atoms with E-state index >= 15 is 0 Å². The second-order valence-corrected chi connectivity index (χ2v) is 9.17. The third-order valence-electron chi connectivity index (χ3n) is 4.98. The van der Waals surface area contributed by atoms with E-state index in [1.807, 2.05) is 6.92 Å². The molecule has 28 heavy (non-hydrogen) atoms. The normalized spacial score (nSPS) is 18.3. The van der Waals surface area contributed by atoms with Crippen LogP contribution in [0.1, 0.15) is 34.2 Å². The number of anilines is 1. The first-order valence-electron chi connectivity index (χ1n) is 8.90. The van der Waals surface area contributed by atoms with E-state index in [1.54, 1.807) is 42.1 Å². The van der Waals surface area contributed by atoms with E-state index in [0.717, 1.165) is 11.3 Å². The summed E-state index contributed by atoms with van der Waals surface area (Å²) in [6, 6.07) is 6.83. The average Bonchev–Trinajstić information content (AvgIpc) is 3.38. The molecule has 1 fully saturated rings. The minimum Gasteiger partial charge on any atom is -0.444 e. The standard InChI is InChI=1S/C19H20N4O4S/c1-12-18(13(2)23(22-12)16-7-8-28(25,26)10-16)21-19(24)15-5-3-14(4-6-15)17-9-20-11-27-17/h3-6,9,11,16H,7-8,10H2,1-2H3,(H,21,24). The number of nitrogens with zero attached hydrogens (tertiary/aromatic N) is 3. The number of nitrogens with one attached hydrogen (secondary N) is 1. The average molecular weight is 400 g/mol. The first kappa shape index (κ1) is 18.4. The number of carbonyl (C=O) groups is 1. The summed E-state index contributed by atoms with van der Waals surface area (Å²) in [5, 5.41) is 7.38. The first-order valence-corrected chi connectivity index (χ1v) is 10.7. The van der Waals surface area contributed by atoms with Crippen LogP contribution in [0.25, 0.3) is 11.3 Å². The van der Waals surface area contributed by atoms with Gasteiger partial charge in [-0.25, -0.2) is 13.4 Å². The van der Waals surface area contributed by atoms with Gasteiger partial charge in [0, 0.05) is 11.1 Å². The van der Waals surface area contributed by atoms with Crippen molar-refractivity contribution in [3.63, 3.8) is 0 Å². The lowest BCUT2D eigenvalue weighted by atomic mass is 10.1. The van der Waals surface area contributed by atoms with Crippen LogP contribution < -0.4 is 5.32 Å². The molecular formula is C19H20N4O4S. The maximum Gasteiger partial charge on any atom is 0.255 e. The summed E-state index contributed by atoms with van der Waals surface area (Å²) in [4.78, 5) is 16.6. The number of sulfone groups is 1. The van der Waals surface area contributed by atoms with Crippen molar-refractivity contribution in [1.29, 1.82) is 0 Å². The zero-order chi connectivity index (χ0) is 19.9. The lowest BCUT2D eigenvalue weighted by Gasteiger charge is -2.12. The van der Waals surface area contributed by atoms with Crippen LogP contribution in [0.2, 0.25) is 0 Å². The molecule has 1 aromatic carbocycles. The van der Waals surface area contributed by atoms with Crippen LogP contribution in [0.4, 0.5) is 5.69 Å². The summed E-state index contributed by atoms with van der Waals surface area (Å²) < 4.78 is 30.5. The van der Waals surface area contributed by atoms with Gasteiger partial charge in [0.25, 0.3) is 5.91 Å². The van der Waals surface area contributed by atoms with Crippen molar-refractivity contribution in [2.45, 2.75) is 26.3 Å². The second-order valence-electron chi connectivity index (χ2n) is 6.94. The SMILES string of the molecule is Cc1nn(C2CCS(=O)(=O)C2)c(C)c1NC(=O)c1ccc(-c2cnco2)cc1. The molecule has 1 amide bonds. The van der Waals surface area contributed by atoms with E-state index in [4.69, 9.17) is 4.42 Å². The van der Waals surface area contributed by atoms with E-state index in [9.17, 15) is 13.2 Å². The van der Waals surface area contributed by atoms with Gasteiger partial charge in [-0.15, -0.1) is 0 Å². The van der Waals surface area contributed by atoms with Crippen LogP contribution in [0.3, 0.4) is 0 Å². The summed E-state index contributed by atoms with van der Waals surface area (Å²) in [5.74, 6) is 0.640. The van der Waals surface area contributed by atoms with Gasteiger partial charge in [0.15, 0.2) is 22.0 Å². The maximum atomic E-state index is 12.7. The third-order valence-corrected chi connectivity index (χ3v) is 6.73. The van der Waals surface area contributed by atoms with Gasteiger partial charge in [0.1, 0.15) is 0 Å². The van der Waals surface area contributed by atoms with E-state index in [0.29, 0.717) is 29.1 Å². The number of hydrogen-bond acceptors (Lipinski definition) is 6. The molecule has 1 N–H and O–H groups in total. The molecule has 1 saturated heterocycles. The molecule has 0 radical (unpaired) electrons. The Morgan fingerprint density at radius 2 is 2.00 bits per heavy atom. The zero-order valence-corrected chi connectivity index (χ0v) is 16.4. The van der Waals surface area contributed by atoms with Crippen LogP contribution in [0.5, 0.6) is 0 Å². The number of benzene rings is 1. The molecule has 9 heteroatoms. The summed E-state index contributed by atoms with van der Waals surface area (Å²) in [7, 11) is -3.01. The zero-order valence-electron chi connectivity index (χ0n) is 15.5. The highest BCUT2D eigenvalue weighted by molar-refractivity contribution is 7.91. The summed E-state index contributed by atoms with van der Waals surface area (Å²) in [5.41, 5.74) is 3.36. The van der Waals surface area contributed by atoms with Gasteiger partial charge in [0.2, 0.25) is 0 Å². The van der Waals surface area contributed by atoms with Crippen molar-refractivity contribution in [2.24, 2.45) is 0 Å². The molecule has 3 aromatic rings. The van der Waals surface area contributed by atoms with Crippen molar-refractivity contribution in [3.8, 4) is 11.3 Å². The highest BCUT2D eigenvalue weighted by Crippen LogP contribution is 2.29. The minimum atomic E-state index is -3.01. The fourth-order valence-corrected chi connectivity index (χ4v) is 5.19. The van der Waals surface area contributed by atoms with Gasteiger partial charge in [-0.3, -0.25) is 9.48 Å². The highest BCUT2D eigenvalue weighted by Gasteiger charge is 2.31. The Kier molecular flexibility index (Phi) is 4.54. The summed E-state index contributed by atoms with van der Waals surface area (Å²) >= 11 is 0. The maximum absolute atomic E-state index is 12.7. The molecule has 0 saturated carbocycles. The Morgan fingerprint density at radius 1 is 1.25 bits per heavy atom. The van der Waals surface area contributed by atoms with E-state index in [-0.39, 0.29) is 23.5 Å². The monoisotopic (exact) mass is 400 g/mol. The van der Waals surface area contributed by atoms with E-state index in [1.165, 1.54) is 6.39 Å². The molecule has 0 bridgehead atoms. The summed E-state index contributed by atoms with van der Waals surface area (Å²) in [6.07, 6.45) is 3.51. The Labute approximate surface area is 162 Å². The predicted octanol–water partition coefficient (Wildman–Crippen LogP) is 2.77. The molecule has 146 valence electrons. The number of rotatable bonds is 4. The smallest absolute Gasteiger partial charge is 0.255 e. The quantitative estimate of drug-likeness (QED) is 0.722. The van der Waals surface area contributed by atoms with Gasteiger partial charge in [-0.05, 0) is 32.4 Å². The number of carbonyl (C=O) groups excluding carboxylic acids is 1. The fourth-order valence-electron chi connectivity index (χ4n) is 3.50. The van der Waals surface area contributed by atoms with E-state index < -0.39 is 9.84 Å². The van der Waals surface area contributed by atoms with Crippen LogP contribution in [-0.2, 0) is 9.84 Å². The van der Waals surface area contributed by atoms with Crippen molar-refractivity contribution in [1.82, 2.24) is 14.8 Å². The van der Waals surface area contributed by atoms with Gasteiger partial charge >= 0.3 is 0 Å². The van der Waals surface area contributed by atoms with Gasteiger partial charge in [0.05, 0.1) is 40.8 Å². The van der Waals surface area contributed by atoms with Gasteiger partial charge in [-0.2, -0.15) is 5.10 Å². The summed E-state index contributed by atoms with van der Waals surface area (Å²) in [6.45, 7) is 3.64. The second kappa shape index (κ2) is 6.90. The predicted molar refractivity (Wildman–Crippen MR) is 104 cm³/mol. The molecule has 3 heterocycles. The fraction of sp³-hybridized carbons (Fsp3) is 0.316. The molecule has 4 rings (SSSR count). The minimum absolute atomic E-state index is 0.0887. The molecule has 2 aromatic heterocycles. The highest BCUT2D eigenvalue weighted by atomic mass is 32.2. The van der Waals surface area contributed by atoms with E-state index in [2.05, 4.69) is 15.4 Å². The lowest BCUT2D eigenvalue weighted by molar-refractivity contribution is 0.102. The van der Waals surface area contributed by atoms with Crippen molar-refractivity contribution >= 4 is 21.4 Å². The Bertz CT molecular complexity index is 1120. The van der Waals surface area contributed by atoms with Crippen molar-refractivity contribution in [3.05, 3.63) is 53.8 Å². The topological polar surface area (TPSA) is 107 Å². The van der Waals surface area contributed by atoms with Crippen molar-refractivity contribution in [2.75, 3.05) is 16.8 Å². The van der Waals surface area contributed by atoms with Crippen LogP contribution in [-0.4, -0.2) is 40.6 Å². The van der Waals surface area contributed by atoms with Crippen LogP contribution in [0, 0.1) is 13.8 Å². The molecule has 1 atom stereocenters. The number of oxazole rings is 1. The van der Waals surface area contributed by atoms with Gasteiger partial charge in [-0.1, -0.05) is 12.1 Å². The van der Waals surface area contributed by atoms with Crippen LogP contribution >= 0.6 is 0 Å². The molecule has 1 aliphatic rings. The molecular weight excluding hydrogens is 380 g/mol. The Morgan fingerprint density at radius 3 is 2.61 bits per heavy atom.